The van der Waals surface area contributed by atoms with Crippen molar-refractivity contribution < 1.29 is 19.2 Å². The highest BCUT2D eigenvalue weighted by Gasteiger charge is 2.22. The van der Waals surface area contributed by atoms with Crippen LogP contribution in [-0.2, 0) is 16.0 Å². The smallest absolute Gasteiger partial charge is 0.339 e. The van der Waals surface area contributed by atoms with Crippen LogP contribution < -0.4 is 5.32 Å². The van der Waals surface area contributed by atoms with E-state index in [0.717, 1.165) is 18.9 Å². The molecule has 0 saturated carbocycles. The highest BCUT2D eigenvalue weighted by Crippen LogP contribution is 2.25. The number of halogens is 1. The molecule has 0 bridgehead atoms. The van der Waals surface area contributed by atoms with Crippen LogP contribution in [0.2, 0.25) is 5.02 Å². The monoisotopic (exact) mass is 404 g/mol. The van der Waals surface area contributed by atoms with E-state index in [1.807, 2.05) is 37.3 Å². The maximum absolute atomic E-state index is 12.2. The van der Waals surface area contributed by atoms with Crippen molar-refractivity contribution >= 4 is 29.2 Å². The molecule has 0 saturated heterocycles. The van der Waals surface area contributed by atoms with Crippen LogP contribution in [0.1, 0.15) is 36.2 Å². The number of carbonyl (C=O) groups excluding carboxylic acids is 2. The number of hydrogen-bond donors (Lipinski definition) is 1. The predicted octanol–water partition coefficient (Wildman–Crippen LogP) is 3.93. The van der Waals surface area contributed by atoms with E-state index < -0.39 is 28.6 Å². The topological polar surface area (TPSA) is 98.5 Å². The fourth-order valence-electron chi connectivity index (χ4n) is 2.52. The molecule has 0 aliphatic rings. The van der Waals surface area contributed by atoms with Gasteiger partial charge in [-0.3, -0.25) is 14.9 Å². The van der Waals surface area contributed by atoms with Gasteiger partial charge in [-0.2, -0.15) is 0 Å². The number of hydrogen-bond acceptors (Lipinski definition) is 5. The molecule has 0 spiro atoms. The molecule has 2 aromatic rings. The number of carbonyl (C=O) groups is 2. The number of nitro benzene ring substituents is 1. The van der Waals surface area contributed by atoms with Gasteiger partial charge in [-0.25, -0.2) is 4.79 Å². The Hall–Kier alpha value is -2.93. The minimum atomic E-state index is -1.04. The zero-order chi connectivity index (χ0) is 20.7. The number of aryl methyl sites for hydroxylation is 1. The molecule has 0 fully saturated rings. The molecule has 1 amide bonds. The van der Waals surface area contributed by atoms with Gasteiger partial charge in [0.05, 0.1) is 10.5 Å². The van der Waals surface area contributed by atoms with E-state index >= 15 is 0 Å². The van der Waals surface area contributed by atoms with E-state index in [9.17, 15) is 19.7 Å². The number of benzene rings is 2. The third-order valence-corrected chi connectivity index (χ3v) is 4.45. The SMILES string of the molecule is C[C@H](OC(=O)c1ccc(Cl)c([N+](=O)[O-])c1)C(=O)N[C@@H](C)CCc1ccccc1. The summed E-state index contributed by atoms with van der Waals surface area (Å²) in [6.45, 7) is 3.32. The number of nitrogens with one attached hydrogen (secondary N) is 1. The molecule has 7 nitrogen and oxygen atoms in total. The van der Waals surface area contributed by atoms with Gasteiger partial charge in [-0.1, -0.05) is 41.9 Å². The number of esters is 1. The van der Waals surface area contributed by atoms with Crippen molar-refractivity contribution in [3.05, 3.63) is 74.8 Å². The maximum atomic E-state index is 12.2. The normalized spacial score (nSPS) is 12.7. The fraction of sp³-hybridized carbons (Fsp3) is 0.300. The standard InChI is InChI=1S/C20H21ClN2O5/c1-13(8-9-15-6-4-3-5-7-15)22-19(24)14(2)28-20(25)16-10-11-17(21)18(12-16)23(26)27/h3-7,10-14H,8-9H2,1-2H3,(H,22,24)/t13-,14-/m0/s1. The van der Waals surface area contributed by atoms with Crippen LogP contribution in [0, 0.1) is 10.1 Å². The number of amides is 1. The molecule has 0 unspecified atom stereocenters. The summed E-state index contributed by atoms with van der Waals surface area (Å²) in [4.78, 5) is 34.6. The number of rotatable bonds is 8. The number of nitrogens with zero attached hydrogens (tertiary/aromatic N) is 1. The van der Waals surface area contributed by atoms with Crippen LogP contribution in [0.5, 0.6) is 0 Å². The van der Waals surface area contributed by atoms with Gasteiger partial charge in [0.25, 0.3) is 11.6 Å². The van der Waals surface area contributed by atoms with Gasteiger partial charge in [0.15, 0.2) is 6.10 Å². The molecule has 2 aromatic carbocycles. The van der Waals surface area contributed by atoms with Gasteiger partial charge >= 0.3 is 5.97 Å². The first-order valence-corrected chi connectivity index (χ1v) is 9.15. The van der Waals surface area contributed by atoms with E-state index in [4.69, 9.17) is 16.3 Å². The van der Waals surface area contributed by atoms with Crippen molar-refractivity contribution in [1.29, 1.82) is 0 Å². The largest absolute Gasteiger partial charge is 0.449 e. The van der Waals surface area contributed by atoms with Gasteiger partial charge in [0, 0.05) is 12.1 Å². The highest BCUT2D eigenvalue weighted by atomic mass is 35.5. The minimum absolute atomic E-state index is 0.0483. The summed E-state index contributed by atoms with van der Waals surface area (Å²) in [6, 6.07) is 13.4. The van der Waals surface area contributed by atoms with Gasteiger partial charge < -0.3 is 10.1 Å². The molecule has 28 heavy (non-hydrogen) atoms. The first-order valence-electron chi connectivity index (χ1n) is 8.77. The van der Waals surface area contributed by atoms with Crippen LogP contribution in [0.25, 0.3) is 0 Å². The maximum Gasteiger partial charge on any atom is 0.339 e. The Morgan fingerprint density at radius 1 is 1.18 bits per heavy atom. The summed E-state index contributed by atoms with van der Waals surface area (Å²) in [5, 5.41) is 13.6. The van der Waals surface area contributed by atoms with Gasteiger partial charge in [-0.15, -0.1) is 0 Å². The van der Waals surface area contributed by atoms with E-state index in [2.05, 4.69) is 5.32 Å². The average Bonchev–Trinajstić information content (AvgIpc) is 2.67. The molecule has 1 N–H and O–H groups in total. The lowest BCUT2D eigenvalue weighted by atomic mass is 10.1. The Bertz CT molecular complexity index is 857. The summed E-state index contributed by atoms with van der Waals surface area (Å²) in [6.07, 6.45) is 0.506. The summed E-state index contributed by atoms with van der Waals surface area (Å²) in [7, 11) is 0. The molecule has 2 atom stereocenters. The van der Waals surface area contributed by atoms with Crippen LogP contribution in [0.15, 0.2) is 48.5 Å². The molecule has 2 rings (SSSR count). The highest BCUT2D eigenvalue weighted by molar-refractivity contribution is 6.32. The van der Waals surface area contributed by atoms with Crippen molar-refractivity contribution in [2.75, 3.05) is 0 Å². The number of nitro groups is 1. The van der Waals surface area contributed by atoms with Crippen molar-refractivity contribution in [2.45, 2.75) is 38.8 Å². The Labute approximate surface area is 167 Å². The van der Waals surface area contributed by atoms with Crippen molar-refractivity contribution in [3.8, 4) is 0 Å². The third kappa shape index (κ3) is 6.06. The second-order valence-corrected chi connectivity index (χ2v) is 6.81. The van der Waals surface area contributed by atoms with Gasteiger partial charge in [0.1, 0.15) is 5.02 Å². The second-order valence-electron chi connectivity index (χ2n) is 6.40. The van der Waals surface area contributed by atoms with Crippen LogP contribution in [0.4, 0.5) is 5.69 Å². The second kappa shape index (κ2) is 9.85. The van der Waals surface area contributed by atoms with Gasteiger partial charge in [-0.05, 0) is 44.4 Å². The number of ether oxygens (including phenoxy) is 1. The van der Waals surface area contributed by atoms with E-state index in [1.165, 1.54) is 24.6 Å². The fourth-order valence-corrected chi connectivity index (χ4v) is 2.71. The molecule has 148 valence electrons. The summed E-state index contributed by atoms with van der Waals surface area (Å²) >= 11 is 5.73. The van der Waals surface area contributed by atoms with Crippen molar-refractivity contribution in [2.24, 2.45) is 0 Å². The van der Waals surface area contributed by atoms with Crippen LogP contribution in [0.3, 0.4) is 0 Å². The van der Waals surface area contributed by atoms with Crippen molar-refractivity contribution in [3.63, 3.8) is 0 Å². The molecule has 0 aliphatic carbocycles. The molecular weight excluding hydrogens is 384 g/mol. The Morgan fingerprint density at radius 2 is 1.86 bits per heavy atom. The zero-order valence-corrected chi connectivity index (χ0v) is 16.3. The minimum Gasteiger partial charge on any atom is -0.449 e. The molecule has 0 heterocycles. The molecule has 0 radical (unpaired) electrons. The predicted molar refractivity (Wildman–Crippen MR) is 105 cm³/mol. The third-order valence-electron chi connectivity index (χ3n) is 4.13. The lowest BCUT2D eigenvalue weighted by Gasteiger charge is -2.18. The van der Waals surface area contributed by atoms with Gasteiger partial charge in [0.2, 0.25) is 0 Å². The lowest BCUT2D eigenvalue weighted by Crippen LogP contribution is -2.41. The molecule has 8 heteroatoms. The Balaban J connectivity index is 1.88. The van der Waals surface area contributed by atoms with E-state index in [1.54, 1.807) is 0 Å². The molecule has 0 aliphatic heterocycles. The van der Waals surface area contributed by atoms with Crippen LogP contribution in [-0.4, -0.2) is 28.9 Å². The van der Waals surface area contributed by atoms with Crippen molar-refractivity contribution in [1.82, 2.24) is 5.32 Å². The molecule has 0 aromatic heterocycles. The average molecular weight is 405 g/mol. The lowest BCUT2D eigenvalue weighted by molar-refractivity contribution is -0.384. The first kappa shape index (κ1) is 21.4. The van der Waals surface area contributed by atoms with E-state index in [0.29, 0.717) is 0 Å². The first-order chi connectivity index (χ1) is 13.3. The Morgan fingerprint density at radius 3 is 2.50 bits per heavy atom. The molecular formula is C20H21ClN2O5. The quantitative estimate of drug-likeness (QED) is 0.408. The zero-order valence-electron chi connectivity index (χ0n) is 15.6. The summed E-state index contributed by atoms with van der Waals surface area (Å²) in [5.74, 6) is -1.27. The van der Waals surface area contributed by atoms with E-state index in [-0.39, 0.29) is 16.6 Å². The Kier molecular flexibility index (Phi) is 7.52. The van der Waals surface area contributed by atoms with Crippen LogP contribution >= 0.6 is 11.6 Å². The summed E-state index contributed by atoms with van der Waals surface area (Å²) < 4.78 is 5.12. The summed E-state index contributed by atoms with van der Waals surface area (Å²) in [5.41, 5.74) is 0.725.